The zero-order valence-corrected chi connectivity index (χ0v) is 16.3. The monoisotopic (exact) mass is 414 g/mol. The molecule has 2 aromatic carbocycles. The van der Waals surface area contributed by atoms with E-state index >= 15 is 0 Å². The molecule has 0 aliphatic carbocycles. The second-order valence-electron chi connectivity index (χ2n) is 5.93. The van der Waals surface area contributed by atoms with Crippen molar-refractivity contribution < 1.29 is 29.0 Å². The van der Waals surface area contributed by atoms with Crippen LogP contribution in [0.25, 0.3) is 10.8 Å². The van der Waals surface area contributed by atoms with Gasteiger partial charge in [-0.2, -0.15) is 0 Å². The van der Waals surface area contributed by atoms with Gasteiger partial charge in [-0.3, -0.25) is 14.9 Å². The lowest BCUT2D eigenvalue weighted by Crippen LogP contribution is -2.21. The van der Waals surface area contributed by atoms with Gasteiger partial charge < -0.3 is 14.6 Å². The molecule has 3 aromatic rings. The van der Waals surface area contributed by atoms with Crippen molar-refractivity contribution in [1.82, 2.24) is 4.98 Å². The van der Waals surface area contributed by atoms with E-state index in [1.165, 1.54) is 6.07 Å². The molecular weight excluding hydrogens is 396 g/mol. The van der Waals surface area contributed by atoms with Gasteiger partial charge in [0.2, 0.25) is 0 Å². The lowest BCUT2D eigenvalue weighted by atomic mass is 10.1. The molecule has 0 spiro atoms. The Hall–Kier alpha value is -3.46. The lowest BCUT2D eigenvalue weighted by molar-refractivity contribution is -0.142. The van der Waals surface area contributed by atoms with E-state index in [-0.39, 0.29) is 29.5 Å². The number of hydrogen-bond donors (Lipinski definition) is 2. The highest BCUT2D eigenvalue weighted by atomic mass is 32.1. The van der Waals surface area contributed by atoms with Crippen LogP contribution in [0.15, 0.2) is 41.8 Å². The summed E-state index contributed by atoms with van der Waals surface area (Å²) in [5, 5.41) is 16.0. The predicted octanol–water partition coefficient (Wildman–Crippen LogP) is 2.90. The average molecular weight is 414 g/mol. The van der Waals surface area contributed by atoms with Crippen molar-refractivity contribution in [2.75, 3.05) is 18.5 Å². The first-order valence-electron chi connectivity index (χ1n) is 8.75. The van der Waals surface area contributed by atoms with Gasteiger partial charge in [-0.15, -0.1) is 11.3 Å². The van der Waals surface area contributed by atoms with Gasteiger partial charge in [0.25, 0.3) is 5.91 Å². The summed E-state index contributed by atoms with van der Waals surface area (Å²) in [6, 6.07) is 10.2. The Morgan fingerprint density at radius 3 is 2.72 bits per heavy atom. The Labute approximate surface area is 170 Å². The summed E-state index contributed by atoms with van der Waals surface area (Å²) >= 11 is 1.14. The van der Waals surface area contributed by atoms with Crippen molar-refractivity contribution in [3.63, 3.8) is 0 Å². The number of aromatic nitrogens is 1. The molecule has 1 amide bonds. The normalized spacial score (nSPS) is 10.5. The molecule has 0 saturated carbocycles. The zero-order chi connectivity index (χ0) is 20.8. The van der Waals surface area contributed by atoms with Crippen LogP contribution in [0.3, 0.4) is 0 Å². The van der Waals surface area contributed by atoms with Gasteiger partial charge in [0.05, 0.1) is 18.7 Å². The van der Waals surface area contributed by atoms with Crippen LogP contribution in [0.1, 0.15) is 23.0 Å². The standard InChI is InChI=1S/C20H18N2O6S/c1-2-27-17(24)9-13-11-29-20(21-13)22-16(23)10-28-19(26)15-8-7-12-5-3-4-6-14(12)18(15)25/h3-8,11,25H,2,9-10H2,1H3,(H,21,22,23). The minimum atomic E-state index is -0.814. The number of nitrogens with zero attached hydrogens (tertiary/aromatic N) is 1. The van der Waals surface area contributed by atoms with Crippen LogP contribution in [0.4, 0.5) is 5.13 Å². The molecule has 0 aliphatic rings. The number of esters is 2. The number of anilines is 1. The number of rotatable bonds is 7. The van der Waals surface area contributed by atoms with Crippen molar-refractivity contribution in [3.05, 3.63) is 53.0 Å². The van der Waals surface area contributed by atoms with Crippen molar-refractivity contribution >= 4 is 45.1 Å². The van der Waals surface area contributed by atoms with E-state index in [0.717, 1.165) is 16.7 Å². The quantitative estimate of drug-likeness (QED) is 0.571. The third kappa shape index (κ3) is 5.08. The largest absolute Gasteiger partial charge is 0.506 e. The van der Waals surface area contributed by atoms with Crippen LogP contribution >= 0.6 is 11.3 Å². The number of phenolic OH excluding ortho intramolecular Hbond substituents is 1. The fraction of sp³-hybridized carbons (Fsp3) is 0.200. The fourth-order valence-electron chi connectivity index (χ4n) is 2.59. The van der Waals surface area contributed by atoms with E-state index in [9.17, 15) is 19.5 Å². The first kappa shape index (κ1) is 20.3. The molecule has 150 valence electrons. The number of phenols is 1. The summed E-state index contributed by atoms with van der Waals surface area (Å²) in [6.45, 7) is 1.45. The molecule has 0 atom stereocenters. The highest BCUT2D eigenvalue weighted by Gasteiger charge is 2.17. The summed E-state index contributed by atoms with van der Waals surface area (Å²) in [5.74, 6) is -2.00. The van der Waals surface area contributed by atoms with Gasteiger partial charge in [0, 0.05) is 10.8 Å². The van der Waals surface area contributed by atoms with Crippen LogP contribution in [0.2, 0.25) is 0 Å². The molecule has 8 nitrogen and oxygen atoms in total. The van der Waals surface area contributed by atoms with Gasteiger partial charge in [0.15, 0.2) is 11.7 Å². The van der Waals surface area contributed by atoms with Crippen molar-refractivity contribution in [2.45, 2.75) is 13.3 Å². The molecule has 0 bridgehead atoms. The van der Waals surface area contributed by atoms with E-state index < -0.39 is 24.5 Å². The first-order chi connectivity index (χ1) is 14.0. The zero-order valence-electron chi connectivity index (χ0n) is 15.5. The Kier molecular flexibility index (Phi) is 6.40. The van der Waals surface area contributed by atoms with Crippen LogP contribution < -0.4 is 5.32 Å². The van der Waals surface area contributed by atoms with Crippen molar-refractivity contribution in [2.24, 2.45) is 0 Å². The maximum Gasteiger partial charge on any atom is 0.342 e. The molecule has 1 heterocycles. The molecule has 1 aromatic heterocycles. The summed E-state index contributed by atoms with van der Waals surface area (Å²) in [6.07, 6.45) is 0.0104. The number of aromatic hydroxyl groups is 1. The molecule has 2 N–H and O–H groups in total. The van der Waals surface area contributed by atoms with E-state index in [2.05, 4.69) is 10.3 Å². The van der Waals surface area contributed by atoms with Crippen LogP contribution in [0, 0.1) is 0 Å². The lowest BCUT2D eigenvalue weighted by Gasteiger charge is -2.08. The number of hydrogen-bond acceptors (Lipinski definition) is 8. The molecular formula is C20H18N2O6S. The van der Waals surface area contributed by atoms with Gasteiger partial charge in [-0.25, -0.2) is 9.78 Å². The number of amides is 1. The number of benzene rings is 2. The fourth-order valence-corrected chi connectivity index (χ4v) is 3.32. The van der Waals surface area contributed by atoms with E-state index in [0.29, 0.717) is 11.1 Å². The highest BCUT2D eigenvalue weighted by molar-refractivity contribution is 7.13. The van der Waals surface area contributed by atoms with E-state index in [1.54, 1.807) is 30.5 Å². The molecule has 0 fully saturated rings. The highest BCUT2D eigenvalue weighted by Crippen LogP contribution is 2.29. The number of fused-ring (bicyclic) bond motifs is 1. The number of ether oxygens (including phenoxy) is 2. The van der Waals surface area contributed by atoms with Crippen LogP contribution in [-0.4, -0.2) is 41.2 Å². The summed E-state index contributed by atoms with van der Waals surface area (Å²) in [5.41, 5.74) is 0.448. The Morgan fingerprint density at radius 1 is 1.14 bits per heavy atom. The number of carbonyl (C=O) groups excluding carboxylic acids is 3. The average Bonchev–Trinajstić information content (AvgIpc) is 3.13. The van der Waals surface area contributed by atoms with Gasteiger partial charge in [-0.05, 0) is 18.4 Å². The maximum atomic E-state index is 12.2. The van der Waals surface area contributed by atoms with Crippen molar-refractivity contribution in [1.29, 1.82) is 0 Å². The molecule has 0 radical (unpaired) electrons. The van der Waals surface area contributed by atoms with Crippen molar-refractivity contribution in [3.8, 4) is 5.75 Å². The molecule has 0 unspecified atom stereocenters. The number of carbonyl (C=O) groups is 3. The predicted molar refractivity (Wildman–Crippen MR) is 107 cm³/mol. The number of nitrogens with one attached hydrogen (secondary N) is 1. The topological polar surface area (TPSA) is 115 Å². The second kappa shape index (κ2) is 9.16. The maximum absolute atomic E-state index is 12.2. The van der Waals surface area contributed by atoms with Gasteiger partial charge in [0.1, 0.15) is 11.3 Å². The molecule has 0 saturated heterocycles. The van der Waals surface area contributed by atoms with Gasteiger partial charge in [-0.1, -0.05) is 30.3 Å². The van der Waals surface area contributed by atoms with Crippen LogP contribution in [0.5, 0.6) is 5.75 Å². The molecule has 0 aliphatic heterocycles. The molecule has 9 heteroatoms. The Morgan fingerprint density at radius 2 is 1.93 bits per heavy atom. The Balaban J connectivity index is 1.56. The minimum Gasteiger partial charge on any atom is -0.506 e. The van der Waals surface area contributed by atoms with E-state index in [1.807, 2.05) is 12.1 Å². The summed E-state index contributed by atoms with van der Waals surface area (Å²) in [7, 11) is 0. The minimum absolute atomic E-state index is 0.0104. The summed E-state index contributed by atoms with van der Waals surface area (Å²) < 4.78 is 9.83. The number of thiazole rings is 1. The van der Waals surface area contributed by atoms with Gasteiger partial charge >= 0.3 is 11.9 Å². The third-order valence-corrected chi connectivity index (χ3v) is 4.69. The smallest absolute Gasteiger partial charge is 0.342 e. The first-order valence-corrected chi connectivity index (χ1v) is 9.63. The molecule has 29 heavy (non-hydrogen) atoms. The van der Waals surface area contributed by atoms with Crippen LogP contribution in [-0.2, 0) is 25.5 Å². The second-order valence-corrected chi connectivity index (χ2v) is 6.79. The van der Waals surface area contributed by atoms with E-state index in [4.69, 9.17) is 9.47 Å². The molecule has 3 rings (SSSR count). The summed E-state index contributed by atoms with van der Waals surface area (Å²) in [4.78, 5) is 39.8. The third-order valence-electron chi connectivity index (χ3n) is 3.88. The Bertz CT molecular complexity index is 1060. The SMILES string of the molecule is CCOC(=O)Cc1csc(NC(=O)COC(=O)c2ccc3ccccc3c2O)n1.